The first-order valence-electron chi connectivity index (χ1n) is 10.9. The lowest BCUT2D eigenvalue weighted by Crippen LogP contribution is -2.68. The molecular weight excluding hydrogens is 419 g/mol. The Hall–Kier alpha value is -2.68. The van der Waals surface area contributed by atoms with Crippen LogP contribution in [0.5, 0.6) is 0 Å². The number of rotatable bonds is 5. The number of alkyl halides is 3. The Morgan fingerprint density at radius 3 is 2.66 bits per heavy atom. The number of piperazine rings is 1. The number of halogens is 3. The Kier molecular flexibility index (Phi) is 5.87. The Bertz CT molecular complexity index is 1000. The number of nitrogens with zero attached hydrogens (tertiary/aromatic N) is 3. The van der Waals surface area contributed by atoms with E-state index in [4.69, 9.17) is 5.73 Å². The van der Waals surface area contributed by atoms with Crippen molar-refractivity contribution in [2.75, 3.05) is 23.7 Å². The van der Waals surface area contributed by atoms with Gasteiger partial charge in [-0.15, -0.1) is 0 Å². The van der Waals surface area contributed by atoms with Crippen LogP contribution < -0.4 is 16.0 Å². The molecule has 2 fully saturated rings. The predicted octanol–water partition coefficient (Wildman–Crippen LogP) is 4.06. The van der Waals surface area contributed by atoms with E-state index >= 15 is 0 Å². The zero-order valence-electron chi connectivity index (χ0n) is 18.2. The first-order valence-corrected chi connectivity index (χ1v) is 10.9. The van der Waals surface area contributed by atoms with Crippen LogP contribution in [0.25, 0.3) is 0 Å². The van der Waals surface area contributed by atoms with Gasteiger partial charge in [-0.2, -0.15) is 13.2 Å². The van der Waals surface area contributed by atoms with E-state index in [0.717, 1.165) is 31.7 Å². The van der Waals surface area contributed by atoms with Gasteiger partial charge < -0.3 is 16.0 Å². The maximum atomic E-state index is 13.7. The van der Waals surface area contributed by atoms with Crippen LogP contribution in [0.3, 0.4) is 0 Å². The number of nitrogen functional groups attached to an aromatic ring is 1. The van der Waals surface area contributed by atoms with Crippen molar-refractivity contribution in [3.63, 3.8) is 0 Å². The number of anilines is 2. The number of hydrogen-bond acceptors (Lipinski definition) is 6. The number of ketones is 1. The fourth-order valence-corrected chi connectivity index (χ4v) is 4.77. The molecule has 0 aromatic carbocycles. The van der Waals surface area contributed by atoms with E-state index in [0.29, 0.717) is 24.8 Å². The third-order valence-electron chi connectivity index (χ3n) is 6.32. The maximum Gasteiger partial charge on any atom is 0.418 e. The number of nitrogens with one attached hydrogen (secondary N) is 1. The third-order valence-corrected chi connectivity index (χ3v) is 6.32. The summed E-state index contributed by atoms with van der Waals surface area (Å²) >= 11 is 0. The van der Waals surface area contributed by atoms with Crippen LogP contribution in [-0.2, 0) is 6.18 Å². The van der Waals surface area contributed by atoms with Gasteiger partial charge in [0.25, 0.3) is 0 Å². The van der Waals surface area contributed by atoms with Crippen molar-refractivity contribution < 1.29 is 18.0 Å². The molecule has 1 atom stereocenters. The van der Waals surface area contributed by atoms with Crippen LogP contribution in [0.15, 0.2) is 30.5 Å². The van der Waals surface area contributed by atoms with E-state index in [1.165, 1.54) is 24.4 Å². The molecule has 0 amide bonds. The summed E-state index contributed by atoms with van der Waals surface area (Å²) < 4.78 is 41.2. The molecule has 0 unspecified atom stereocenters. The van der Waals surface area contributed by atoms with Gasteiger partial charge >= 0.3 is 6.18 Å². The number of aromatic nitrogens is 2. The molecule has 9 heteroatoms. The van der Waals surface area contributed by atoms with E-state index in [9.17, 15) is 18.0 Å². The third kappa shape index (κ3) is 4.44. The quantitative estimate of drug-likeness (QED) is 0.673. The van der Waals surface area contributed by atoms with E-state index in [1.54, 1.807) is 0 Å². The predicted molar refractivity (Wildman–Crippen MR) is 116 cm³/mol. The number of nitrogens with two attached hydrogens (primary N) is 1. The zero-order chi connectivity index (χ0) is 23.1. The topological polar surface area (TPSA) is 84.1 Å². The summed E-state index contributed by atoms with van der Waals surface area (Å²) in [7, 11) is 0. The number of hydrogen-bond donors (Lipinski definition) is 2. The SMILES string of the molecule is CC(C)C[C@@H]1CN(c2ccc(C(F)(F)F)c(C(=O)c3cccnc3N)n2)CC2(CCC2)N1. The van der Waals surface area contributed by atoms with E-state index < -0.39 is 23.2 Å². The first kappa shape index (κ1) is 22.5. The summed E-state index contributed by atoms with van der Waals surface area (Å²) in [6, 6.07) is 5.37. The van der Waals surface area contributed by atoms with Crippen molar-refractivity contribution in [2.45, 2.75) is 57.3 Å². The lowest BCUT2D eigenvalue weighted by molar-refractivity contribution is -0.138. The molecule has 0 bridgehead atoms. The van der Waals surface area contributed by atoms with Crippen molar-refractivity contribution in [3.05, 3.63) is 47.3 Å². The van der Waals surface area contributed by atoms with E-state index in [2.05, 4.69) is 29.1 Å². The lowest BCUT2D eigenvalue weighted by Gasteiger charge is -2.53. The summed E-state index contributed by atoms with van der Waals surface area (Å²) in [5.41, 5.74) is 3.93. The summed E-state index contributed by atoms with van der Waals surface area (Å²) in [6.45, 7) is 5.59. The Morgan fingerprint density at radius 2 is 2.06 bits per heavy atom. The van der Waals surface area contributed by atoms with Gasteiger partial charge in [0.2, 0.25) is 5.78 Å². The second-order valence-corrected chi connectivity index (χ2v) is 9.31. The monoisotopic (exact) mass is 447 g/mol. The summed E-state index contributed by atoms with van der Waals surface area (Å²) in [4.78, 5) is 23.2. The van der Waals surface area contributed by atoms with Gasteiger partial charge in [-0.05, 0) is 55.9 Å². The zero-order valence-corrected chi connectivity index (χ0v) is 18.2. The van der Waals surface area contributed by atoms with Crippen molar-refractivity contribution in [3.8, 4) is 0 Å². The minimum Gasteiger partial charge on any atom is -0.383 e. The second kappa shape index (κ2) is 8.35. The first-order chi connectivity index (χ1) is 15.1. The number of carbonyl (C=O) groups excluding carboxylic acids is 1. The molecule has 3 heterocycles. The van der Waals surface area contributed by atoms with Crippen LogP contribution in [0.2, 0.25) is 0 Å². The molecule has 1 saturated carbocycles. The molecule has 3 N–H and O–H groups in total. The highest BCUT2D eigenvalue weighted by atomic mass is 19.4. The standard InChI is InChI=1S/C23H28F3N5O/c1-14(2)11-15-12-31(13-22(30-15)8-4-9-22)18-7-6-17(23(24,25)26)19(29-18)20(32)16-5-3-10-28-21(16)27/h3,5-7,10,14-15,30H,4,8-9,11-13H2,1-2H3,(H2,27,28)/t15-/m1/s1. The van der Waals surface area contributed by atoms with Crippen LogP contribution in [0.1, 0.15) is 61.1 Å². The van der Waals surface area contributed by atoms with Crippen molar-refractivity contribution in [1.82, 2.24) is 15.3 Å². The molecule has 1 aliphatic heterocycles. The summed E-state index contributed by atoms with van der Waals surface area (Å²) in [5, 5.41) is 3.76. The van der Waals surface area contributed by atoms with Gasteiger partial charge in [-0.3, -0.25) is 4.79 Å². The van der Waals surface area contributed by atoms with Crippen LogP contribution in [-0.4, -0.2) is 40.4 Å². The fraction of sp³-hybridized carbons (Fsp3) is 0.522. The van der Waals surface area contributed by atoms with Gasteiger partial charge in [0.15, 0.2) is 0 Å². The Balaban J connectivity index is 1.73. The van der Waals surface area contributed by atoms with Crippen molar-refractivity contribution in [1.29, 1.82) is 0 Å². The van der Waals surface area contributed by atoms with Crippen LogP contribution in [0.4, 0.5) is 24.8 Å². The molecule has 4 rings (SSSR count). The molecule has 1 aliphatic carbocycles. The second-order valence-electron chi connectivity index (χ2n) is 9.31. The average molecular weight is 448 g/mol. The molecule has 2 aromatic heterocycles. The van der Waals surface area contributed by atoms with Crippen LogP contribution in [0, 0.1) is 5.92 Å². The van der Waals surface area contributed by atoms with Gasteiger partial charge in [0.05, 0.1) is 11.1 Å². The van der Waals surface area contributed by atoms with Crippen molar-refractivity contribution in [2.24, 2.45) is 5.92 Å². The summed E-state index contributed by atoms with van der Waals surface area (Å²) in [5.74, 6) is -0.136. The molecule has 1 spiro atoms. The van der Waals surface area contributed by atoms with E-state index in [-0.39, 0.29) is 23.0 Å². The fourth-order valence-electron chi connectivity index (χ4n) is 4.77. The molecule has 32 heavy (non-hydrogen) atoms. The van der Waals surface area contributed by atoms with Crippen LogP contribution >= 0.6 is 0 Å². The average Bonchev–Trinajstić information content (AvgIpc) is 2.70. The molecule has 0 radical (unpaired) electrons. The largest absolute Gasteiger partial charge is 0.418 e. The van der Waals surface area contributed by atoms with Crippen molar-refractivity contribution >= 4 is 17.4 Å². The molecule has 2 aliphatic rings. The Labute approximate surface area is 185 Å². The number of pyridine rings is 2. The highest BCUT2D eigenvalue weighted by Crippen LogP contribution is 2.39. The molecule has 1 saturated heterocycles. The summed E-state index contributed by atoms with van der Waals surface area (Å²) in [6.07, 6.45) is 0.796. The molecule has 2 aromatic rings. The van der Waals surface area contributed by atoms with Gasteiger partial charge in [0, 0.05) is 30.9 Å². The molecule has 6 nitrogen and oxygen atoms in total. The minimum absolute atomic E-state index is 0.0415. The molecule has 172 valence electrons. The van der Waals surface area contributed by atoms with Gasteiger partial charge in [-0.25, -0.2) is 9.97 Å². The number of carbonyl (C=O) groups is 1. The minimum atomic E-state index is -4.72. The van der Waals surface area contributed by atoms with Gasteiger partial charge in [-0.1, -0.05) is 13.8 Å². The highest BCUT2D eigenvalue weighted by Gasteiger charge is 2.44. The Morgan fingerprint density at radius 1 is 1.31 bits per heavy atom. The lowest BCUT2D eigenvalue weighted by atomic mass is 9.74. The maximum absolute atomic E-state index is 13.7. The highest BCUT2D eigenvalue weighted by molar-refractivity contribution is 6.11. The van der Waals surface area contributed by atoms with E-state index in [1.807, 2.05) is 4.90 Å². The smallest absolute Gasteiger partial charge is 0.383 e. The molecular formula is C23H28F3N5O. The normalized spacial score (nSPS) is 20.4. The van der Waals surface area contributed by atoms with Gasteiger partial charge in [0.1, 0.15) is 17.3 Å².